The topological polar surface area (TPSA) is 85.4 Å². The predicted molar refractivity (Wildman–Crippen MR) is 121 cm³/mol. The number of ether oxygens (including phenoxy) is 1. The van der Waals surface area contributed by atoms with Crippen molar-refractivity contribution in [2.45, 2.75) is 31.4 Å². The first kappa shape index (κ1) is 21.3. The molecular formula is C23H20N2O4S2. The Balaban J connectivity index is 1.41. The highest BCUT2D eigenvalue weighted by Crippen LogP contribution is 2.32. The van der Waals surface area contributed by atoms with E-state index in [2.05, 4.69) is 10.3 Å². The first-order valence-electron chi connectivity index (χ1n) is 9.75. The van der Waals surface area contributed by atoms with Crippen molar-refractivity contribution in [1.29, 1.82) is 0 Å². The number of amides is 2. The monoisotopic (exact) mass is 452 g/mol. The van der Waals surface area contributed by atoms with Crippen molar-refractivity contribution in [2.75, 3.05) is 0 Å². The average Bonchev–Trinajstić information content (AvgIpc) is 3.30. The van der Waals surface area contributed by atoms with Gasteiger partial charge in [-0.25, -0.2) is 4.98 Å². The quantitative estimate of drug-likeness (QED) is 0.430. The van der Waals surface area contributed by atoms with Gasteiger partial charge in [0.1, 0.15) is 10.8 Å². The normalized spacial score (nSPS) is 16.8. The lowest BCUT2D eigenvalue weighted by molar-refractivity contribution is -0.135. The number of carbonyl (C=O) groups excluding carboxylic acids is 3. The third-order valence-electron chi connectivity index (χ3n) is 4.95. The van der Waals surface area contributed by atoms with E-state index in [0.29, 0.717) is 12.2 Å². The van der Waals surface area contributed by atoms with Gasteiger partial charge >= 0.3 is 5.97 Å². The van der Waals surface area contributed by atoms with Crippen LogP contribution in [0.4, 0.5) is 4.79 Å². The maximum atomic E-state index is 12.7. The largest absolute Gasteiger partial charge is 0.426 e. The number of nitrogens with one attached hydrogen (secondary N) is 1. The van der Waals surface area contributed by atoms with Gasteiger partial charge in [-0.05, 0) is 38.0 Å². The summed E-state index contributed by atoms with van der Waals surface area (Å²) in [7, 11) is 0. The molecule has 1 N–H and O–H groups in total. The minimum atomic E-state index is -0.502. The number of rotatable bonds is 6. The van der Waals surface area contributed by atoms with Gasteiger partial charge in [0.25, 0.3) is 5.24 Å². The lowest BCUT2D eigenvalue weighted by Gasteiger charge is -2.11. The zero-order chi connectivity index (χ0) is 22.0. The number of imide groups is 1. The minimum Gasteiger partial charge on any atom is -0.426 e. The first-order chi connectivity index (χ1) is 14.9. The maximum Gasteiger partial charge on any atom is 0.320 e. The van der Waals surface area contributed by atoms with Crippen molar-refractivity contribution < 1.29 is 19.1 Å². The van der Waals surface area contributed by atoms with Gasteiger partial charge in [-0.3, -0.25) is 19.7 Å². The molecule has 8 heteroatoms. The molecule has 31 heavy (non-hydrogen) atoms. The SMILES string of the molecule is Cc1sc(-c2ccccc2)nc1C(C)C(=O)Oc1ccc(CC2SC(=O)NC2=O)cc1. The lowest BCUT2D eigenvalue weighted by Crippen LogP contribution is -2.25. The van der Waals surface area contributed by atoms with Gasteiger partial charge in [-0.15, -0.1) is 11.3 Å². The highest BCUT2D eigenvalue weighted by atomic mass is 32.2. The van der Waals surface area contributed by atoms with Crippen LogP contribution in [0.3, 0.4) is 0 Å². The summed E-state index contributed by atoms with van der Waals surface area (Å²) in [6.07, 6.45) is 0.438. The van der Waals surface area contributed by atoms with E-state index in [9.17, 15) is 14.4 Å². The molecule has 0 saturated carbocycles. The van der Waals surface area contributed by atoms with Crippen LogP contribution in [0, 0.1) is 6.92 Å². The smallest absolute Gasteiger partial charge is 0.320 e. The number of carbonyl (C=O) groups is 3. The Bertz CT molecular complexity index is 1130. The number of esters is 1. The summed E-state index contributed by atoms with van der Waals surface area (Å²) >= 11 is 2.55. The van der Waals surface area contributed by atoms with Gasteiger partial charge in [0, 0.05) is 10.4 Å². The molecule has 2 aromatic carbocycles. The summed E-state index contributed by atoms with van der Waals surface area (Å²) in [4.78, 5) is 41.4. The highest BCUT2D eigenvalue weighted by Gasteiger charge is 2.31. The average molecular weight is 453 g/mol. The number of thioether (sulfide) groups is 1. The summed E-state index contributed by atoms with van der Waals surface area (Å²) in [5.74, 6) is -0.723. The molecule has 4 rings (SSSR count). The summed E-state index contributed by atoms with van der Waals surface area (Å²) < 4.78 is 5.55. The fourth-order valence-electron chi connectivity index (χ4n) is 3.27. The fraction of sp³-hybridized carbons (Fsp3) is 0.217. The van der Waals surface area contributed by atoms with Crippen LogP contribution in [0.1, 0.15) is 29.0 Å². The van der Waals surface area contributed by atoms with Crippen LogP contribution >= 0.6 is 23.1 Å². The molecule has 0 bridgehead atoms. The van der Waals surface area contributed by atoms with Gasteiger partial charge in [0.15, 0.2) is 0 Å². The Morgan fingerprint density at radius 3 is 2.48 bits per heavy atom. The van der Waals surface area contributed by atoms with E-state index in [0.717, 1.165) is 38.5 Å². The minimum absolute atomic E-state index is 0.271. The van der Waals surface area contributed by atoms with Crippen LogP contribution in [0.2, 0.25) is 0 Å². The van der Waals surface area contributed by atoms with Crippen LogP contribution in [0.5, 0.6) is 5.75 Å². The Labute approximate surface area is 188 Å². The fourth-order valence-corrected chi connectivity index (χ4v) is 5.14. The van der Waals surface area contributed by atoms with Crippen LogP contribution in [-0.4, -0.2) is 27.3 Å². The predicted octanol–water partition coefficient (Wildman–Crippen LogP) is 4.72. The third-order valence-corrected chi connectivity index (χ3v) is 6.96. The molecule has 0 radical (unpaired) electrons. The molecule has 1 aliphatic rings. The molecule has 1 fully saturated rings. The van der Waals surface area contributed by atoms with E-state index < -0.39 is 11.2 Å². The summed E-state index contributed by atoms with van der Waals surface area (Å²) in [6, 6.07) is 16.9. The van der Waals surface area contributed by atoms with Gasteiger partial charge in [0.05, 0.1) is 16.9 Å². The zero-order valence-electron chi connectivity index (χ0n) is 17.0. The summed E-state index contributed by atoms with van der Waals surface area (Å²) in [6.45, 7) is 3.75. The van der Waals surface area contributed by atoms with Gasteiger partial charge in [-0.2, -0.15) is 0 Å². The van der Waals surface area contributed by atoms with Crippen LogP contribution < -0.4 is 10.1 Å². The summed E-state index contributed by atoms with van der Waals surface area (Å²) in [5, 5.41) is 2.42. The van der Waals surface area contributed by atoms with E-state index in [1.807, 2.05) is 37.3 Å². The molecule has 2 heterocycles. The molecule has 6 nitrogen and oxygen atoms in total. The molecule has 1 saturated heterocycles. The Morgan fingerprint density at radius 1 is 1.13 bits per heavy atom. The van der Waals surface area contributed by atoms with Gasteiger partial charge in [0.2, 0.25) is 5.91 Å². The molecular weight excluding hydrogens is 432 g/mol. The molecule has 2 amide bonds. The van der Waals surface area contributed by atoms with Gasteiger partial charge < -0.3 is 4.74 Å². The molecule has 1 aromatic heterocycles. The van der Waals surface area contributed by atoms with E-state index in [-0.39, 0.29) is 17.1 Å². The standard InChI is InChI=1S/C23H20N2O4S2/c1-13(19-14(2)30-21(24-19)16-6-4-3-5-7-16)22(27)29-17-10-8-15(9-11-17)12-18-20(26)25-23(28)31-18/h3-11,13,18H,12H2,1-2H3,(H,25,26,28). The maximum absolute atomic E-state index is 12.7. The van der Waals surface area contributed by atoms with Crippen LogP contribution in [0.15, 0.2) is 54.6 Å². The number of hydrogen-bond donors (Lipinski definition) is 1. The second-order valence-corrected chi connectivity index (χ2v) is 9.58. The van der Waals surface area contributed by atoms with Crippen molar-refractivity contribution in [3.05, 3.63) is 70.7 Å². The second kappa shape index (κ2) is 9.03. The number of thiazole rings is 1. The summed E-state index contributed by atoms with van der Waals surface area (Å²) in [5.41, 5.74) is 2.63. The second-order valence-electron chi connectivity index (χ2n) is 7.20. The van der Waals surface area contributed by atoms with E-state index in [1.165, 1.54) is 0 Å². The van der Waals surface area contributed by atoms with E-state index in [4.69, 9.17) is 4.74 Å². The molecule has 158 valence electrons. The molecule has 2 atom stereocenters. The van der Waals surface area contributed by atoms with Crippen molar-refractivity contribution in [2.24, 2.45) is 0 Å². The number of benzene rings is 2. The molecule has 0 spiro atoms. The van der Waals surface area contributed by atoms with E-state index in [1.54, 1.807) is 42.5 Å². The molecule has 0 aliphatic carbocycles. The van der Waals surface area contributed by atoms with Crippen LogP contribution in [-0.2, 0) is 16.0 Å². The molecule has 1 aliphatic heterocycles. The Kier molecular flexibility index (Phi) is 6.20. The number of aryl methyl sites for hydroxylation is 1. The first-order valence-corrected chi connectivity index (χ1v) is 11.4. The Hall–Kier alpha value is -2.97. The number of nitrogens with zero attached hydrogens (tertiary/aromatic N) is 1. The number of hydrogen-bond acceptors (Lipinski definition) is 7. The number of aromatic nitrogens is 1. The molecule has 2 unspecified atom stereocenters. The van der Waals surface area contributed by atoms with Crippen molar-refractivity contribution in [1.82, 2.24) is 10.3 Å². The third kappa shape index (κ3) is 4.86. The van der Waals surface area contributed by atoms with E-state index >= 15 is 0 Å². The zero-order valence-corrected chi connectivity index (χ0v) is 18.6. The lowest BCUT2D eigenvalue weighted by atomic mass is 10.1. The molecule has 3 aromatic rings. The van der Waals surface area contributed by atoms with Crippen molar-refractivity contribution >= 4 is 40.2 Å². The van der Waals surface area contributed by atoms with Gasteiger partial charge in [-0.1, -0.05) is 54.2 Å². The van der Waals surface area contributed by atoms with Crippen molar-refractivity contribution in [3.8, 4) is 16.3 Å². The highest BCUT2D eigenvalue weighted by molar-refractivity contribution is 8.15. The Morgan fingerprint density at radius 2 is 1.84 bits per heavy atom. The van der Waals surface area contributed by atoms with Crippen molar-refractivity contribution in [3.63, 3.8) is 0 Å². The van der Waals surface area contributed by atoms with Crippen LogP contribution in [0.25, 0.3) is 10.6 Å².